The Balaban J connectivity index is 0.00000100. The fourth-order valence-corrected chi connectivity index (χ4v) is 2.64. The summed E-state index contributed by atoms with van der Waals surface area (Å²) in [6.45, 7) is 14.1. The van der Waals surface area contributed by atoms with Crippen LogP contribution < -0.4 is 11.2 Å². The van der Waals surface area contributed by atoms with Gasteiger partial charge in [0, 0.05) is 12.4 Å². The molecule has 0 spiro atoms. The molecule has 0 radical (unpaired) electrons. The average Bonchev–Trinajstić information content (AvgIpc) is 3.02. The summed E-state index contributed by atoms with van der Waals surface area (Å²) < 4.78 is 13.8. The van der Waals surface area contributed by atoms with E-state index in [0.29, 0.717) is 0 Å². The zero-order valence-electron chi connectivity index (χ0n) is 15.6. The average molecular weight is 330 g/mol. The molecule has 1 aromatic heterocycles. The Bertz CT molecular complexity index is 746. The van der Waals surface area contributed by atoms with Crippen LogP contribution in [-0.2, 0) is 9.31 Å². The van der Waals surface area contributed by atoms with Crippen molar-refractivity contribution in [3.05, 3.63) is 46.6 Å². The lowest BCUT2D eigenvalue weighted by Gasteiger charge is -2.32. The number of H-pyrrole nitrogens is 1. The lowest BCUT2D eigenvalue weighted by molar-refractivity contribution is 0.00578. The summed E-state index contributed by atoms with van der Waals surface area (Å²) in [6.07, 6.45) is 3.35. The molecule has 1 N–H and O–H groups in total. The molecule has 24 heavy (non-hydrogen) atoms. The standard InChI is InChI=1S/C16H21BN2O3.C2H6/c1-11-12(17-21-15(2,3)16(4,5)22-17)7-6-8-13(11)19-10-9-18-14(19)20;1-2/h6-10H,1-5H3,(H,18,20);1-2H3. The lowest BCUT2D eigenvalue weighted by Crippen LogP contribution is -2.41. The van der Waals surface area contributed by atoms with Crippen molar-refractivity contribution in [3.8, 4) is 5.69 Å². The highest BCUT2D eigenvalue weighted by Crippen LogP contribution is 2.36. The maximum Gasteiger partial charge on any atom is 0.495 e. The van der Waals surface area contributed by atoms with E-state index in [2.05, 4.69) is 4.98 Å². The van der Waals surface area contributed by atoms with E-state index in [-0.39, 0.29) is 16.9 Å². The molecular formula is C18H27BN2O3. The minimum absolute atomic E-state index is 0.158. The molecule has 1 aliphatic rings. The summed E-state index contributed by atoms with van der Waals surface area (Å²) in [7, 11) is -0.431. The van der Waals surface area contributed by atoms with Crippen LogP contribution in [0.5, 0.6) is 0 Å². The third kappa shape index (κ3) is 3.08. The van der Waals surface area contributed by atoms with Crippen LogP contribution in [0.1, 0.15) is 47.1 Å². The van der Waals surface area contributed by atoms with Crippen LogP contribution >= 0.6 is 0 Å². The summed E-state index contributed by atoms with van der Waals surface area (Å²) in [5, 5.41) is 0. The fourth-order valence-electron chi connectivity index (χ4n) is 2.64. The number of hydrogen-bond acceptors (Lipinski definition) is 3. The highest BCUT2D eigenvalue weighted by Gasteiger charge is 2.52. The van der Waals surface area contributed by atoms with E-state index < -0.39 is 7.12 Å². The van der Waals surface area contributed by atoms with E-state index in [4.69, 9.17) is 9.31 Å². The van der Waals surface area contributed by atoms with Gasteiger partial charge in [0.2, 0.25) is 0 Å². The van der Waals surface area contributed by atoms with Crippen molar-refractivity contribution in [2.24, 2.45) is 0 Å². The van der Waals surface area contributed by atoms with Gasteiger partial charge >= 0.3 is 12.8 Å². The molecule has 0 atom stereocenters. The third-order valence-corrected chi connectivity index (χ3v) is 4.76. The number of aromatic nitrogens is 2. The number of imidazole rings is 1. The summed E-state index contributed by atoms with van der Waals surface area (Å²) >= 11 is 0. The highest BCUT2D eigenvalue weighted by atomic mass is 16.7. The maximum absolute atomic E-state index is 11.9. The van der Waals surface area contributed by atoms with Gasteiger partial charge in [0.1, 0.15) is 0 Å². The van der Waals surface area contributed by atoms with Gasteiger partial charge < -0.3 is 14.3 Å². The minimum atomic E-state index is -0.431. The molecule has 3 rings (SSSR count). The Morgan fingerprint density at radius 1 is 1.08 bits per heavy atom. The van der Waals surface area contributed by atoms with Crippen LogP contribution in [0.2, 0.25) is 0 Å². The molecule has 1 fully saturated rings. The third-order valence-electron chi connectivity index (χ3n) is 4.76. The topological polar surface area (TPSA) is 56.2 Å². The summed E-state index contributed by atoms with van der Waals surface area (Å²) in [4.78, 5) is 14.5. The molecule has 0 unspecified atom stereocenters. The van der Waals surface area contributed by atoms with Crippen molar-refractivity contribution < 1.29 is 9.31 Å². The lowest BCUT2D eigenvalue weighted by atomic mass is 9.76. The van der Waals surface area contributed by atoms with Gasteiger partial charge in [0.25, 0.3) is 0 Å². The smallest absolute Gasteiger partial charge is 0.399 e. The molecule has 0 saturated carbocycles. The first kappa shape index (κ1) is 18.6. The Hall–Kier alpha value is -1.79. The molecule has 1 aromatic carbocycles. The SMILES string of the molecule is CC.Cc1c(B2OC(C)(C)C(C)(C)O2)cccc1-n1cc[nH]c1=O. The van der Waals surface area contributed by atoms with Gasteiger partial charge in [-0.2, -0.15) is 0 Å². The Labute approximate surface area is 144 Å². The first-order valence-corrected chi connectivity index (χ1v) is 8.44. The molecule has 1 aliphatic heterocycles. The first-order chi connectivity index (χ1) is 11.2. The molecule has 2 aromatic rings. The van der Waals surface area contributed by atoms with Gasteiger partial charge in [0.05, 0.1) is 16.9 Å². The van der Waals surface area contributed by atoms with Crippen LogP contribution in [0.15, 0.2) is 35.4 Å². The summed E-state index contributed by atoms with van der Waals surface area (Å²) in [5.74, 6) is 0. The second-order valence-electron chi connectivity index (χ2n) is 6.71. The van der Waals surface area contributed by atoms with Crippen LogP contribution in [0.25, 0.3) is 5.69 Å². The predicted molar refractivity (Wildman–Crippen MR) is 98.2 cm³/mol. The van der Waals surface area contributed by atoms with Crippen LogP contribution in [0.4, 0.5) is 0 Å². The van der Waals surface area contributed by atoms with E-state index in [1.807, 2.05) is 66.7 Å². The van der Waals surface area contributed by atoms with Gasteiger partial charge in [0.15, 0.2) is 0 Å². The van der Waals surface area contributed by atoms with Gasteiger partial charge in [-0.05, 0) is 51.7 Å². The molecule has 0 amide bonds. The second kappa shape index (κ2) is 6.61. The number of nitrogens with one attached hydrogen (secondary N) is 1. The monoisotopic (exact) mass is 330 g/mol. The molecule has 0 aliphatic carbocycles. The zero-order valence-corrected chi connectivity index (χ0v) is 15.6. The normalized spacial score (nSPS) is 18.2. The first-order valence-electron chi connectivity index (χ1n) is 8.44. The minimum Gasteiger partial charge on any atom is -0.399 e. The van der Waals surface area contributed by atoms with E-state index >= 15 is 0 Å². The second-order valence-corrected chi connectivity index (χ2v) is 6.71. The van der Waals surface area contributed by atoms with Crippen molar-refractivity contribution in [3.63, 3.8) is 0 Å². The largest absolute Gasteiger partial charge is 0.495 e. The molecule has 1 saturated heterocycles. The fraction of sp³-hybridized carbons (Fsp3) is 0.500. The molecule has 6 heteroatoms. The van der Waals surface area contributed by atoms with Gasteiger partial charge in [-0.25, -0.2) is 4.79 Å². The quantitative estimate of drug-likeness (QED) is 0.862. The molecule has 5 nitrogen and oxygen atoms in total. The van der Waals surface area contributed by atoms with Gasteiger partial charge in [-0.1, -0.05) is 26.0 Å². The molecule has 130 valence electrons. The zero-order chi connectivity index (χ0) is 18.1. The van der Waals surface area contributed by atoms with Crippen molar-refractivity contribution in [1.82, 2.24) is 9.55 Å². The van der Waals surface area contributed by atoms with Gasteiger partial charge in [-0.15, -0.1) is 0 Å². The Morgan fingerprint density at radius 2 is 1.67 bits per heavy atom. The molecule has 0 bridgehead atoms. The number of nitrogens with zero attached hydrogens (tertiary/aromatic N) is 1. The van der Waals surface area contributed by atoms with Crippen molar-refractivity contribution in [1.29, 1.82) is 0 Å². The Kier molecular flexibility index (Phi) is 5.11. The van der Waals surface area contributed by atoms with Crippen molar-refractivity contribution in [2.75, 3.05) is 0 Å². The van der Waals surface area contributed by atoms with Crippen molar-refractivity contribution in [2.45, 2.75) is 59.7 Å². The molecule has 2 heterocycles. The van der Waals surface area contributed by atoms with Crippen LogP contribution in [0.3, 0.4) is 0 Å². The van der Waals surface area contributed by atoms with E-state index in [1.165, 1.54) is 0 Å². The van der Waals surface area contributed by atoms with E-state index in [0.717, 1.165) is 16.7 Å². The number of aromatic amines is 1. The number of benzene rings is 1. The molecular weight excluding hydrogens is 303 g/mol. The summed E-state index contributed by atoms with van der Waals surface area (Å²) in [6, 6.07) is 5.82. The Morgan fingerprint density at radius 3 is 2.17 bits per heavy atom. The van der Waals surface area contributed by atoms with Crippen LogP contribution in [0, 0.1) is 6.92 Å². The van der Waals surface area contributed by atoms with Gasteiger partial charge in [-0.3, -0.25) is 4.57 Å². The maximum atomic E-state index is 11.9. The van der Waals surface area contributed by atoms with E-state index in [9.17, 15) is 4.79 Å². The van der Waals surface area contributed by atoms with E-state index in [1.54, 1.807) is 17.0 Å². The van der Waals surface area contributed by atoms with Crippen LogP contribution in [-0.4, -0.2) is 27.9 Å². The summed E-state index contributed by atoms with van der Waals surface area (Å²) in [5.41, 5.74) is 1.83. The highest BCUT2D eigenvalue weighted by molar-refractivity contribution is 6.62. The van der Waals surface area contributed by atoms with Crippen molar-refractivity contribution >= 4 is 12.6 Å². The number of hydrogen-bond donors (Lipinski definition) is 1. The predicted octanol–water partition coefficient (Wildman–Crippen LogP) is 2.80. The number of rotatable bonds is 2.